The Bertz CT molecular complexity index is 341. The molecular formula is C15H24O3. The Morgan fingerprint density at radius 3 is 2.22 bits per heavy atom. The highest BCUT2D eigenvalue weighted by atomic mass is 16.5. The van der Waals surface area contributed by atoms with E-state index in [2.05, 4.69) is 13.2 Å². The molecule has 1 N–H and O–H groups in total. The van der Waals surface area contributed by atoms with Gasteiger partial charge in [-0.1, -0.05) is 11.1 Å². The molecule has 0 radical (unpaired) electrons. The normalized spacial score (nSPS) is 22.4. The van der Waals surface area contributed by atoms with Crippen LogP contribution in [0.3, 0.4) is 0 Å². The zero-order valence-electron chi connectivity index (χ0n) is 11.7. The molecule has 102 valence electrons. The molecule has 18 heavy (non-hydrogen) atoms. The fourth-order valence-corrected chi connectivity index (χ4v) is 2.67. The van der Waals surface area contributed by atoms with Gasteiger partial charge in [0.25, 0.3) is 0 Å². The Morgan fingerprint density at radius 1 is 1.33 bits per heavy atom. The first kappa shape index (κ1) is 15.0. The maximum Gasteiger partial charge on any atom is 0.309 e. The molecule has 1 aliphatic rings. The van der Waals surface area contributed by atoms with E-state index in [9.17, 15) is 9.90 Å². The number of aliphatic hydroxyl groups is 1. The lowest BCUT2D eigenvalue weighted by Crippen LogP contribution is -2.34. The highest BCUT2D eigenvalue weighted by molar-refractivity contribution is 5.76. The van der Waals surface area contributed by atoms with Gasteiger partial charge in [0, 0.05) is 5.92 Å². The summed E-state index contributed by atoms with van der Waals surface area (Å²) in [5, 5.41) is 10.7. The van der Waals surface area contributed by atoms with Gasteiger partial charge < -0.3 is 9.84 Å². The van der Waals surface area contributed by atoms with E-state index in [-0.39, 0.29) is 17.8 Å². The Labute approximate surface area is 110 Å². The van der Waals surface area contributed by atoms with Crippen molar-refractivity contribution in [2.75, 3.05) is 6.61 Å². The Kier molecular flexibility index (Phi) is 4.74. The van der Waals surface area contributed by atoms with Gasteiger partial charge in [-0.15, -0.1) is 13.2 Å². The van der Waals surface area contributed by atoms with Crippen molar-refractivity contribution in [3.8, 4) is 0 Å². The molecule has 0 saturated heterocycles. The molecule has 0 amide bonds. The van der Waals surface area contributed by atoms with Gasteiger partial charge in [-0.05, 0) is 40.0 Å². The molecular weight excluding hydrogens is 228 g/mol. The second-order valence-corrected chi connectivity index (χ2v) is 5.57. The van der Waals surface area contributed by atoms with E-state index < -0.39 is 5.60 Å². The molecule has 2 atom stereocenters. The van der Waals surface area contributed by atoms with E-state index in [1.54, 1.807) is 6.92 Å². The average molecular weight is 252 g/mol. The highest BCUT2D eigenvalue weighted by Crippen LogP contribution is 2.51. The molecule has 0 spiro atoms. The topological polar surface area (TPSA) is 46.5 Å². The molecule has 0 aliphatic heterocycles. The third-order valence-electron chi connectivity index (χ3n) is 3.29. The molecule has 0 bridgehead atoms. The van der Waals surface area contributed by atoms with Crippen LogP contribution in [0.5, 0.6) is 0 Å². The quantitative estimate of drug-likeness (QED) is 0.560. The predicted octanol–water partition coefficient (Wildman–Crippen LogP) is 2.85. The van der Waals surface area contributed by atoms with Gasteiger partial charge in [-0.25, -0.2) is 0 Å². The third-order valence-corrected chi connectivity index (χ3v) is 3.29. The summed E-state index contributed by atoms with van der Waals surface area (Å²) in [7, 11) is 0. The smallest absolute Gasteiger partial charge is 0.309 e. The van der Waals surface area contributed by atoms with Crippen molar-refractivity contribution in [1.29, 1.82) is 0 Å². The molecule has 3 nitrogen and oxygen atoms in total. The van der Waals surface area contributed by atoms with E-state index in [0.29, 0.717) is 25.9 Å². The van der Waals surface area contributed by atoms with Crippen LogP contribution >= 0.6 is 0 Å². The molecule has 0 aromatic rings. The molecule has 0 heterocycles. The standard InChI is InChI=1S/C15H24O3/c1-6-18-14(16)12-7-13(12)15(17,8-10(2)3)9-11(4)5/h12-13,17H,2,4,6-9H2,1,3,5H3. The molecule has 1 aliphatic carbocycles. The summed E-state index contributed by atoms with van der Waals surface area (Å²) < 4.78 is 5.01. The molecule has 3 heteroatoms. The van der Waals surface area contributed by atoms with Gasteiger partial charge in [0.05, 0.1) is 18.1 Å². The van der Waals surface area contributed by atoms with Crippen molar-refractivity contribution < 1.29 is 14.6 Å². The lowest BCUT2D eigenvalue weighted by atomic mass is 9.84. The van der Waals surface area contributed by atoms with Gasteiger partial charge >= 0.3 is 5.97 Å². The van der Waals surface area contributed by atoms with E-state index in [1.807, 2.05) is 13.8 Å². The predicted molar refractivity (Wildman–Crippen MR) is 72.0 cm³/mol. The lowest BCUT2D eigenvalue weighted by molar-refractivity contribution is -0.146. The zero-order valence-corrected chi connectivity index (χ0v) is 11.7. The van der Waals surface area contributed by atoms with Crippen molar-refractivity contribution in [2.45, 2.75) is 45.6 Å². The fourth-order valence-electron chi connectivity index (χ4n) is 2.67. The molecule has 2 unspecified atom stereocenters. The van der Waals surface area contributed by atoms with Gasteiger partial charge in [0.15, 0.2) is 0 Å². The van der Waals surface area contributed by atoms with Crippen LogP contribution in [0.25, 0.3) is 0 Å². The summed E-state index contributed by atoms with van der Waals surface area (Å²) in [4.78, 5) is 11.7. The van der Waals surface area contributed by atoms with E-state index in [0.717, 1.165) is 11.1 Å². The minimum Gasteiger partial charge on any atom is -0.466 e. The second kappa shape index (κ2) is 5.70. The van der Waals surface area contributed by atoms with Gasteiger partial charge in [0.2, 0.25) is 0 Å². The minimum atomic E-state index is -0.894. The van der Waals surface area contributed by atoms with Crippen LogP contribution in [0.1, 0.15) is 40.0 Å². The first-order valence-electron chi connectivity index (χ1n) is 6.48. The molecule has 1 fully saturated rings. The number of rotatable bonds is 7. The largest absolute Gasteiger partial charge is 0.466 e. The first-order valence-corrected chi connectivity index (χ1v) is 6.48. The lowest BCUT2D eigenvalue weighted by Gasteiger charge is -2.29. The van der Waals surface area contributed by atoms with Crippen LogP contribution in [0.2, 0.25) is 0 Å². The number of carbonyl (C=O) groups is 1. The van der Waals surface area contributed by atoms with Gasteiger partial charge in [0.1, 0.15) is 0 Å². The Balaban J connectivity index is 2.72. The van der Waals surface area contributed by atoms with Crippen molar-refractivity contribution >= 4 is 5.97 Å². The Morgan fingerprint density at radius 2 is 1.83 bits per heavy atom. The maximum atomic E-state index is 11.7. The average Bonchev–Trinajstić information content (AvgIpc) is 2.94. The minimum absolute atomic E-state index is 0.0232. The summed E-state index contributed by atoms with van der Waals surface area (Å²) >= 11 is 0. The summed E-state index contributed by atoms with van der Waals surface area (Å²) in [5.41, 5.74) is 0.955. The van der Waals surface area contributed by atoms with Gasteiger partial charge in [-0.3, -0.25) is 4.79 Å². The first-order chi connectivity index (χ1) is 8.30. The zero-order chi connectivity index (χ0) is 13.9. The van der Waals surface area contributed by atoms with E-state index in [1.165, 1.54) is 0 Å². The van der Waals surface area contributed by atoms with Crippen LogP contribution in [0.15, 0.2) is 24.3 Å². The number of carbonyl (C=O) groups excluding carboxylic acids is 1. The molecule has 0 aromatic heterocycles. The van der Waals surface area contributed by atoms with Crippen LogP contribution in [-0.2, 0) is 9.53 Å². The van der Waals surface area contributed by atoms with Crippen LogP contribution < -0.4 is 0 Å². The SMILES string of the molecule is C=C(C)CC(O)(CC(=C)C)C1CC1C(=O)OCC. The number of ether oxygens (including phenoxy) is 1. The Hall–Kier alpha value is -1.09. The van der Waals surface area contributed by atoms with Crippen LogP contribution in [-0.4, -0.2) is 23.3 Å². The number of hydrogen-bond acceptors (Lipinski definition) is 3. The number of hydrogen-bond donors (Lipinski definition) is 1. The van der Waals surface area contributed by atoms with Crippen molar-refractivity contribution in [1.82, 2.24) is 0 Å². The van der Waals surface area contributed by atoms with Crippen LogP contribution in [0.4, 0.5) is 0 Å². The van der Waals surface area contributed by atoms with Crippen molar-refractivity contribution in [3.63, 3.8) is 0 Å². The summed E-state index contributed by atoms with van der Waals surface area (Å²) in [6, 6.07) is 0. The van der Waals surface area contributed by atoms with Gasteiger partial charge in [-0.2, -0.15) is 0 Å². The monoisotopic (exact) mass is 252 g/mol. The molecule has 1 saturated carbocycles. The second-order valence-electron chi connectivity index (χ2n) is 5.57. The maximum absolute atomic E-state index is 11.7. The fraction of sp³-hybridized carbons (Fsp3) is 0.667. The van der Waals surface area contributed by atoms with Crippen LogP contribution in [0, 0.1) is 11.8 Å². The third kappa shape index (κ3) is 3.70. The number of esters is 1. The molecule has 1 rings (SSSR count). The summed E-state index contributed by atoms with van der Waals surface area (Å²) in [5.74, 6) is -0.372. The summed E-state index contributed by atoms with van der Waals surface area (Å²) in [6.45, 7) is 13.7. The highest BCUT2D eigenvalue weighted by Gasteiger charge is 2.55. The van der Waals surface area contributed by atoms with Crippen molar-refractivity contribution in [2.24, 2.45) is 11.8 Å². The summed E-state index contributed by atoms with van der Waals surface area (Å²) in [6.07, 6.45) is 1.73. The van der Waals surface area contributed by atoms with E-state index >= 15 is 0 Å². The van der Waals surface area contributed by atoms with Crippen molar-refractivity contribution in [3.05, 3.63) is 24.3 Å². The molecule has 0 aromatic carbocycles. The van der Waals surface area contributed by atoms with E-state index in [4.69, 9.17) is 4.74 Å².